The van der Waals surface area contributed by atoms with Crippen LogP contribution in [-0.4, -0.2) is 155 Å². The number of nitrogen functional groups attached to an aromatic ring is 3. The summed E-state index contributed by atoms with van der Waals surface area (Å²) in [7, 11) is 0. The molecule has 0 atom stereocenters. The van der Waals surface area contributed by atoms with E-state index in [1.807, 2.05) is 14.7 Å². The van der Waals surface area contributed by atoms with Gasteiger partial charge in [-0.2, -0.15) is 0 Å². The minimum Gasteiger partial charge on any atom is -0.397 e. The van der Waals surface area contributed by atoms with Crippen LogP contribution in [0, 0.1) is 38.2 Å². The molecule has 3 aromatic carbocycles. The van der Waals surface area contributed by atoms with E-state index in [0.29, 0.717) is 129 Å². The Morgan fingerprint density at radius 2 is 0.656 bits per heavy atom. The Kier molecular flexibility index (Phi) is 17.9. The maximum Gasteiger partial charge on any atom is 0.282 e. The van der Waals surface area contributed by atoms with E-state index in [9.17, 15) is 41.9 Å². The quantitative estimate of drug-likeness (QED) is 0.127. The van der Waals surface area contributed by atoms with Gasteiger partial charge < -0.3 is 46.6 Å². The predicted molar refractivity (Wildman–Crippen MR) is 340 cm³/mol. The van der Waals surface area contributed by atoms with Crippen molar-refractivity contribution < 1.29 is 27.6 Å². The van der Waals surface area contributed by atoms with Crippen LogP contribution in [0.3, 0.4) is 0 Å². The Labute approximate surface area is 512 Å². The number of halogens is 3. The van der Waals surface area contributed by atoms with Gasteiger partial charge in [-0.3, -0.25) is 42.5 Å². The number of benzene rings is 3. The standard InChI is InChI=1S/3C21H21FN6O2/c3*1-3-17(29)26-7-9-27(10-8-26)20-14-11-13(2)28(21(30)18(14)24-12-25-20)19-15(22)5-4-6-16(19)23/h3*3-6,11-12H,1,7-10,23H2,2H3. The van der Waals surface area contributed by atoms with E-state index in [2.05, 4.69) is 49.6 Å². The number of aromatic nitrogens is 9. The van der Waals surface area contributed by atoms with Gasteiger partial charge in [0.1, 0.15) is 87.5 Å². The number of fused-ring (bicyclic) bond motifs is 3. The molecule has 9 heterocycles. The highest BCUT2D eigenvalue weighted by Gasteiger charge is 2.28. The maximum atomic E-state index is 14.5. The molecule has 0 aliphatic carbocycles. The molecule has 3 fully saturated rings. The maximum absolute atomic E-state index is 14.5. The first-order valence-electron chi connectivity index (χ1n) is 28.5. The smallest absolute Gasteiger partial charge is 0.282 e. The lowest BCUT2D eigenvalue weighted by Crippen LogP contribution is -2.48. The predicted octanol–water partition coefficient (Wildman–Crippen LogP) is 4.94. The molecule has 0 unspecified atom stereocenters. The van der Waals surface area contributed by atoms with Gasteiger partial charge in [0.2, 0.25) is 17.7 Å². The lowest BCUT2D eigenvalue weighted by atomic mass is 10.1. The van der Waals surface area contributed by atoms with Crippen molar-refractivity contribution in [2.75, 3.05) is 110 Å². The molecule has 462 valence electrons. The van der Waals surface area contributed by atoms with E-state index < -0.39 is 34.1 Å². The number of nitrogens with two attached hydrogens (primary N) is 3. The van der Waals surface area contributed by atoms with Crippen LogP contribution in [0.25, 0.3) is 49.8 Å². The minimum absolute atomic E-state index is 0.0126. The summed E-state index contributed by atoms with van der Waals surface area (Å²) >= 11 is 0. The molecular formula is C63H63F3N18O6. The molecule has 27 heteroatoms. The number of amides is 3. The summed E-state index contributed by atoms with van der Waals surface area (Å²) < 4.78 is 47.2. The highest BCUT2D eigenvalue weighted by molar-refractivity contribution is 5.93. The van der Waals surface area contributed by atoms with E-state index in [1.165, 1.54) is 87.3 Å². The number of carbonyl (C=O) groups is 3. The molecule has 3 amide bonds. The van der Waals surface area contributed by atoms with Gasteiger partial charge in [0.05, 0.1) is 33.2 Å². The largest absolute Gasteiger partial charge is 0.397 e. The highest BCUT2D eigenvalue weighted by atomic mass is 19.1. The molecule has 9 aromatic rings. The minimum atomic E-state index is -0.586. The fourth-order valence-corrected chi connectivity index (χ4v) is 11.4. The van der Waals surface area contributed by atoms with Crippen LogP contribution in [0.1, 0.15) is 17.1 Å². The third-order valence-corrected chi connectivity index (χ3v) is 15.8. The Hall–Kier alpha value is -11.3. The summed E-state index contributed by atoms with van der Waals surface area (Å²) in [6.07, 6.45) is 7.88. The number of piperazine rings is 3. The molecule has 6 N–H and O–H groups in total. The van der Waals surface area contributed by atoms with Crippen LogP contribution < -0.4 is 48.6 Å². The van der Waals surface area contributed by atoms with Crippen LogP contribution in [0.15, 0.2) is 144 Å². The van der Waals surface area contributed by atoms with E-state index in [1.54, 1.807) is 71.9 Å². The first-order chi connectivity index (χ1) is 43.3. The van der Waals surface area contributed by atoms with Crippen molar-refractivity contribution >= 4 is 84.9 Å². The first-order valence-corrected chi connectivity index (χ1v) is 28.5. The average Bonchev–Trinajstić information content (AvgIpc) is 0.857. The molecule has 3 aliphatic heterocycles. The Bertz CT molecular complexity index is 4030. The van der Waals surface area contributed by atoms with Crippen LogP contribution in [-0.2, 0) is 14.4 Å². The van der Waals surface area contributed by atoms with Gasteiger partial charge in [0.25, 0.3) is 16.7 Å². The Morgan fingerprint density at radius 3 is 0.878 bits per heavy atom. The van der Waals surface area contributed by atoms with E-state index in [-0.39, 0.29) is 68.4 Å². The van der Waals surface area contributed by atoms with Gasteiger partial charge >= 0.3 is 0 Å². The number of anilines is 6. The number of hydrogen-bond acceptors (Lipinski definition) is 18. The molecular weight excluding hydrogens is 1160 g/mol. The zero-order chi connectivity index (χ0) is 64.2. The Balaban J connectivity index is 0.000000148. The van der Waals surface area contributed by atoms with E-state index in [4.69, 9.17) is 17.2 Å². The summed E-state index contributed by atoms with van der Waals surface area (Å²) in [5.41, 5.74) is 19.1. The topological polar surface area (TPSA) is 292 Å². The second kappa shape index (κ2) is 26.0. The third kappa shape index (κ3) is 11.9. The number of nitrogens with zero attached hydrogens (tertiary/aromatic N) is 15. The van der Waals surface area contributed by atoms with Crippen molar-refractivity contribution in [1.82, 2.24) is 58.3 Å². The fourth-order valence-electron chi connectivity index (χ4n) is 11.4. The Morgan fingerprint density at radius 1 is 0.411 bits per heavy atom. The fraction of sp³-hybridized carbons (Fsp3) is 0.238. The summed E-state index contributed by atoms with van der Waals surface area (Å²) in [4.78, 5) is 112. The number of para-hydroxylation sites is 3. The average molecular weight is 1230 g/mol. The molecule has 90 heavy (non-hydrogen) atoms. The van der Waals surface area contributed by atoms with E-state index in [0.717, 1.165) is 0 Å². The molecule has 6 aromatic heterocycles. The van der Waals surface area contributed by atoms with Gasteiger partial charge in [-0.1, -0.05) is 37.9 Å². The second-order valence-electron chi connectivity index (χ2n) is 21.2. The number of carbonyl (C=O) groups excluding carboxylic acids is 3. The third-order valence-electron chi connectivity index (χ3n) is 15.8. The van der Waals surface area contributed by atoms with Crippen LogP contribution >= 0.6 is 0 Å². The van der Waals surface area contributed by atoms with Crippen LogP contribution in [0.4, 0.5) is 47.7 Å². The summed E-state index contributed by atoms with van der Waals surface area (Å²) in [5.74, 6) is -0.251. The zero-order valence-corrected chi connectivity index (χ0v) is 49.5. The van der Waals surface area contributed by atoms with Crippen LogP contribution in [0.2, 0.25) is 0 Å². The van der Waals surface area contributed by atoms with Gasteiger partial charge in [-0.15, -0.1) is 0 Å². The highest BCUT2D eigenvalue weighted by Crippen LogP contribution is 2.31. The van der Waals surface area contributed by atoms with Gasteiger partial charge in [0.15, 0.2) is 0 Å². The molecule has 0 saturated carbocycles. The van der Waals surface area contributed by atoms with Crippen molar-refractivity contribution in [1.29, 1.82) is 0 Å². The molecule has 12 rings (SSSR count). The first kappa shape index (κ1) is 61.8. The monoisotopic (exact) mass is 1220 g/mol. The van der Waals surface area contributed by atoms with Crippen LogP contribution in [0.5, 0.6) is 0 Å². The van der Waals surface area contributed by atoms with Crippen molar-refractivity contribution in [2.24, 2.45) is 0 Å². The second-order valence-corrected chi connectivity index (χ2v) is 21.2. The van der Waals surface area contributed by atoms with Crippen molar-refractivity contribution in [3.05, 3.63) is 195 Å². The van der Waals surface area contributed by atoms with Crippen molar-refractivity contribution in [2.45, 2.75) is 20.8 Å². The number of hydrogen-bond donors (Lipinski definition) is 3. The van der Waals surface area contributed by atoms with Crippen molar-refractivity contribution in [3.63, 3.8) is 0 Å². The molecule has 24 nitrogen and oxygen atoms in total. The van der Waals surface area contributed by atoms with Gasteiger partial charge in [-0.05, 0) is 93.6 Å². The molecule has 3 aliphatic rings. The molecule has 3 saturated heterocycles. The van der Waals surface area contributed by atoms with Gasteiger partial charge in [-0.25, -0.2) is 43.1 Å². The van der Waals surface area contributed by atoms with E-state index >= 15 is 0 Å². The normalized spacial score (nSPS) is 14.2. The number of aryl methyl sites for hydroxylation is 3. The lowest BCUT2D eigenvalue weighted by molar-refractivity contribution is -0.127. The van der Waals surface area contributed by atoms with Gasteiger partial charge in [0, 0.05) is 95.6 Å². The molecule has 0 spiro atoms. The SMILES string of the molecule is C=CC(=O)N1CCN(c2ncnc3c(=O)n(-c4c(N)cccc4F)c(C)cc23)CC1.C=CC(=O)N1CCN(c2ncnc3c(=O)n(-c4c(N)cccc4F)c(C)cc23)CC1.C=CC(=O)N1CCN(c2ncnc3c(=O)n(-c4c(N)cccc4F)c(C)cc23)CC1. The summed E-state index contributed by atoms with van der Waals surface area (Å²) in [6, 6.07) is 18.2. The summed E-state index contributed by atoms with van der Waals surface area (Å²) in [6.45, 7) is 22.2. The molecule has 0 radical (unpaired) electrons. The number of pyridine rings is 3. The summed E-state index contributed by atoms with van der Waals surface area (Å²) in [5, 5.41) is 1.74. The lowest BCUT2D eigenvalue weighted by Gasteiger charge is -2.35. The zero-order valence-electron chi connectivity index (χ0n) is 49.5. The molecule has 0 bridgehead atoms. The number of rotatable bonds is 9. The van der Waals surface area contributed by atoms with Crippen molar-refractivity contribution in [3.8, 4) is 17.1 Å².